The molecule has 7 aromatic rings. The highest BCUT2D eigenvalue weighted by atomic mass is 32.1. The summed E-state index contributed by atoms with van der Waals surface area (Å²) in [5.41, 5.74) is 6.50. The van der Waals surface area contributed by atoms with Crippen LogP contribution in [0.4, 0.5) is 0 Å². The highest BCUT2D eigenvalue weighted by Gasteiger charge is 2.32. The number of thiophene rings is 3. The summed E-state index contributed by atoms with van der Waals surface area (Å²) in [7, 11) is 0. The Morgan fingerprint density at radius 3 is 0.952 bits per heavy atom. The smallest absolute Gasteiger partial charge is 0.338 e. The van der Waals surface area contributed by atoms with E-state index in [2.05, 4.69) is 48.5 Å². The Labute approximate surface area is 382 Å². The van der Waals surface area contributed by atoms with Gasteiger partial charge in [-0.25, -0.2) is 9.59 Å². The zero-order valence-corrected chi connectivity index (χ0v) is 40.5. The predicted molar refractivity (Wildman–Crippen MR) is 261 cm³/mol. The van der Waals surface area contributed by atoms with E-state index >= 15 is 0 Å². The minimum absolute atomic E-state index is 0.198. The largest absolute Gasteiger partial charge is 0.490 e. The van der Waals surface area contributed by atoms with Gasteiger partial charge in [0.05, 0.1) is 87.4 Å². The fraction of sp³-hybridized carbons (Fsp3) is 0.346. The lowest BCUT2D eigenvalue weighted by Crippen LogP contribution is -2.15. The van der Waals surface area contributed by atoms with E-state index in [1.54, 1.807) is 58.3 Å². The van der Waals surface area contributed by atoms with E-state index in [1.165, 1.54) is 0 Å². The van der Waals surface area contributed by atoms with Crippen molar-refractivity contribution in [1.82, 2.24) is 0 Å². The molecule has 0 atom stereocenters. The van der Waals surface area contributed by atoms with Gasteiger partial charge in [0.15, 0.2) is 0 Å². The molecule has 3 aromatic heterocycles. The maximum Gasteiger partial charge on any atom is 0.338 e. The molecular weight excluding hydrogens is 849 g/mol. The molecule has 330 valence electrons. The van der Waals surface area contributed by atoms with E-state index in [0.29, 0.717) is 34.1 Å². The second kappa shape index (κ2) is 19.2. The van der Waals surface area contributed by atoms with Crippen LogP contribution >= 0.6 is 34.0 Å². The third-order valence-corrected chi connectivity index (χ3v) is 13.5. The number of rotatable bonds is 16. The van der Waals surface area contributed by atoms with Crippen molar-refractivity contribution in [1.29, 1.82) is 0 Å². The monoisotopic (exact) mass is 904 g/mol. The Morgan fingerprint density at radius 1 is 0.381 bits per heavy atom. The van der Waals surface area contributed by atoms with Crippen LogP contribution in [-0.2, 0) is 9.47 Å². The van der Waals surface area contributed by atoms with E-state index in [4.69, 9.17) is 28.4 Å². The number of carbonyl (C=O) groups excluding carboxylic acids is 2. The molecule has 0 aliphatic carbocycles. The second-order valence-electron chi connectivity index (χ2n) is 17.0. The van der Waals surface area contributed by atoms with Crippen LogP contribution in [0.1, 0.15) is 104 Å². The molecule has 0 aliphatic rings. The molecule has 0 saturated heterocycles. The minimum Gasteiger partial charge on any atom is -0.490 e. The summed E-state index contributed by atoms with van der Waals surface area (Å²) in [6.45, 7) is 23.2. The number of fused-ring (bicyclic) bond motifs is 3. The molecule has 11 heteroatoms. The maximum atomic E-state index is 13.5. The van der Waals surface area contributed by atoms with Crippen LogP contribution in [0.2, 0.25) is 0 Å². The van der Waals surface area contributed by atoms with Gasteiger partial charge in [-0.05, 0) is 118 Å². The first-order valence-corrected chi connectivity index (χ1v) is 24.0. The molecule has 0 radical (unpaired) electrons. The summed E-state index contributed by atoms with van der Waals surface area (Å²) in [6, 6.07) is 28.0. The third-order valence-electron chi connectivity index (χ3n) is 9.46. The molecule has 0 bridgehead atoms. The van der Waals surface area contributed by atoms with Crippen LogP contribution in [0.3, 0.4) is 0 Å². The summed E-state index contributed by atoms with van der Waals surface area (Å²) >= 11 is 5.13. The summed E-state index contributed by atoms with van der Waals surface area (Å²) in [4.78, 5) is 28.9. The van der Waals surface area contributed by atoms with Gasteiger partial charge in [0.1, 0.15) is 23.0 Å². The van der Waals surface area contributed by atoms with Gasteiger partial charge < -0.3 is 28.4 Å². The average molecular weight is 905 g/mol. The molecule has 8 nitrogen and oxygen atoms in total. The molecule has 0 N–H and O–H groups in total. The van der Waals surface area contributed by atoms with Crippen molar-refractivity contribution in [2.45, 2.75) is 120 Å². The molecule has 63 heavy (non-hydrogen) atoms. The zero-order valence-electron chi connectivity index (χ0n) is 38.0. The van der Waals surface area contributed by atoms with E-state index < -0.39 is 11.9 Å². The first-order chi connectivity index (χ1) is 30.0. The number of ether oxygens (including phenoxy) is 6. The Bertz CT molecular complexity index is 2490. The van der Waals surface area contributed by atoms with Crippen LogP contribution in [-0.4, -0.2) is 48.6 Å². The van der Waals surface area contributed by atoms with Gasteiger partial charge in [-0.2, -0.15) is 0 Å². The molecule has 0 fully saturated rings. The molecule has 0 amide bonds. The van der Waals surface area contributed by atoms with Crippen molar-refractivity contribution in [3.8, 4) is 66.1 Å². The zero-order chi connectivity index (χ0) is 45.3. The molecule has 0 spiro atoms. The Hall–Kier alpha value is -5.36. The summed E-state index contributed by atoms with van der Waals surface area (Å²) in [6.07, 6.45) is -1.39. The maximum absolute atomic E-state index is 13.5. The predicted octanol–water partition coefficient (Wildman–Crippen LogP) is 15.1. The second-order valence-corrected chi connectivity index (χ2v) is 20.1. The van der Waals surface area contributed by atoms with Crippen molar-refractivity contribution in [2.24, 2.45) is 0 Å². The first-order valence-electron chi connectivity index (χ1n) is 21.6. The first kappa shape index (κ1) is 45.7. The minimum atomic E-state index is -0.443. The quantitative estimate of drug-likeness (QED) is 0.0886. The topological polar surface area (TPSA) is 89.5 Å². The Morgan fingerprint density at radius 2 is 0.683 bits per heavy atom. The van der Waals surface area contributed by atoms with Crippen LogP contribution < -0.4 is 18.9 Å². The van der Waals surface area contributed by atoms with E-state index in [1.807, 2.05) is 95.2 Å². The summed E-state index contributed by atoms with van der Waals surface area (Å²) in [5, 5.41) is 0. The number of hydrogen-bond acceptors (Lipinski definition) is 11. The molecule has 0 unspecified atom stereocenters. The Balaban J connectivity index is 1.59. The lowest BCUT2D eigenvalue weighted by molar-refractivity contribution is 0.0366. The average Bonchev–Trinajstić information content (AvgIpc) is 3.85. The number of benzene rings is 4. The van der Waals surface area contributed by atoms with Crippen molar-refractivity contribution >= 4 is 64.7 Å². The van der Waals surface area contributed by atoms with Gasteiger partial charge in [-0.15, -0.1) is 34.0 Å². The molecule has 0 saturated carbocycles. The fourth-order valence-electron chi connectivity index (χ4n) is 7.33. The molecule has 4 aromatic carbocycles. The van der Waals surface area contributed by atoms with Gasteiger partial charge in [0, 0.05) is 11.1 Å². The van der Waals surface area contributed by atoms with Crippen LogP contribution in [0.25, 0.3) is 61.9 Å². The Kier molecular flexibility index (Phi) is 13.9. The SMILES string of the molecule is CC(C)OC(=O)c1cc(OC(C)C)c(-c2sc3c(sc4c(-c5ccccc5)c(-c5c(OC(C)C)cc(C(=O)OC(C)C)cc5OC(C)C)sc43)c2-c2ccccc2)c(OC(C)C)c1. The summed E-state index contributed by atoms with van der Waals surface area (Å²) < 4.78 is 42.3. The molecule has 3 heterocycles. The van der Waals surface area contributed by atoms with Crippen molar-refractivity contribution < 1.29 is 38.0 Å². The number of esters is 2. The van der Waals surface area contributed by atoms with E-state index in [0.717, 1.165) is 61.9 Å². The van der Waals surface area contributed by atoms with Crippen molar-refractivity contribution in [2.75, 3.05) is 0 Å². The van der Waals surface area contributed by atoms with Crippen LogP contribution in [0.5, 0.6) is 23.0 Å². The standard InChI is InChI=1S/C52H56O8S3/c1-27(2)55-37-23-35(51(53)59-31(9)10)24-38(56-28(3)4)43(37)45-41(33-19-15-13-16-20-33)47-49(61-45)50-48(63-47)42(34-21-17-14-18-22-34)46(62-50)44-39(57-29(5)6)25-36(52(54)60-32(11)12)26-40(44)58-30(7)8/h13-32H,1-12H3. The van der Waals surface area contributed by atoms with Crippen LogP contribution in [0, 0.1) is 0 Å². The van der Waals surface area contributed by atoms with E-state index in [-0.39, 0.29) is 36.6 Å². The van der Waals surface area contributed by atoms with E-state index in [9.17, 15) is 9.59 Å². The highest BCUT2D eigenvalue weighted by Crippen LogP contribution is 2.60. The number of carbonyl (C=O) groups is 2. The number of hydrogen-bond donors (Lipinski definition) is 0. The third kappa shape index (κ3) is 9.91. The normalized spacial score (nSPS) is 11.8. The summed E-state index contributed by atoms with van der Waals surface area (Å²) in [5.74, 6) is 1.28. The lowest BCUT2D eigenvalue weighted by Gasteiger charge is -2.21. The molecule has 7 rings (SSSR count). The van der Waals surface area contributed by atoms with Gasteiger partial charge in [0.2, 0.25) is 0 Å². The lowest BCUT2D eigenvalue weighted by atomic mass is 9.99. The molecular formula is C52H56O8S3. The van der Waals surface area contributed by atoms with Crippen LogP contribution in [0.15, 0.2) is 84.9 Å². The van der Waals surface area contributed by atoms with Gasteiger partial charge in [-0.3, -0.25) is 0 Å². The fourth-order valence-corrected chi connectivity index (χ4v) is 12.0. The van der Waals surface area contributed by atoms with Gasteiger partial charge >= 0.3 is 11.9 Å². The molecule has 0 aliphatic heterocycles. The van der Waals surface area contributed by atoms with Gasteiger partial charge in [0.25, 0.3) is 0 Å². The highest BCUT2D eigenvalue weighted by molar-refractivity contribution is 7.41. The van der Waals surface area contributed by atoms with Crippen molar-refractivity contribution in [3.05, 3.63) is 96.1 Å². The van der Waals surface area contributed by atoms with Gasteiger partial charge in [-0.1, -0.05) is 60.7 Å². The van der Waals surface area contributed by atoms with Crippen molar-refractivity contribution in [3.63, 3.8) is 0 Å².